The summed E-state index contributed by atoms with van der Waals surface area (Å²) in [4.78, 5) is 7.46. The molecule has 0 aliphatic carbocycles. The second kappa shape index (κ2) is 7.57. The van der Waals surface area contributed by atoms with Crippen molar-refractivity contribution in [2.24, 2.45) is 0 Å². The number of nitrogens with one attached hydrogen (secondary N) is 2. The van der Waals surface area contributed by atoms with Crippen LogP contribution in [0.2, 0.25) is 5.02 Å². The lowest BCUT2D eigenvalue weighted by Gasteiger charge is -2.27. The molecule has 134 valence electrons. The van der Waals surface area contributed by atoms with Crippen LogP contribution in [0.15, 0.2) is 53.1 Å². The van der Waals surface area contributed by atoms with E-state index in [2.05, 4.69) is 27.1 Å². The molecule has 3 heterocycles. The lowest BCUT2D eigenvalue weighted by Crippen LogP contribution is -3.14. The first-order valence-corrected chi connectivity index (χ1v) is 9.37. The quantitative estimate of drug-likeness (QED) is 0.690. The van der Waals surface area contributed by atoms with Gasteiger partial charge in [0.1, 0.15) is 26.2 Å². The Morgan fingerprint density at radius 3 is 2.65 bits per heavy atom. The monoisotopic (exact) mass is 389 g/mol. The molecular formula is C18H20ClN5OS+2. The zero-order valence-corrected chi connectivity index (χ0v) is 15.8. The lowest BCUT2D eigenvalue weighted by molar-refractivity contribution is -0.924. The SMILES string of the molecule is S=c1oc(-c2ccccc2Cl)nn1C[NH+]1CCN(c2cccc[nH+]2)CC1. The second-order valence-electron chi connectivity index (χ2n) is 6.30. The topological polar surface area (TPSA) is 52.8 Å². The molecule has 1 fully saturated rings. The second-order valence-corrected chi connectivity index (χ2v) is 7.05. The minimum Gasteiger partial charge on any atom is -0.409 e. The number of nitrogens with zero attached hydrogens (tertiary/aromatic N) is 3. The van der Waals surface area contributed by atoms with E-state index >= 15 is 0 Å². The predicted molar refractivity (Wildman–Crippen MR) is 102 cm³/mol. The van der Waals surface area contributed by atoms with Crippen molar-refractivity contribution in [2.45, 2.75) is 6.67 Å². The Morgan fingerprint density at radius 1 is 1.15 bits per heavy atom. The maximum absolute atomic E-state index is 6.23. The summed E-state index contributed by atoms with van der Waals surface area (Å²) >= 11 is 11.6. The van der Waals surface area contributed by atoms with Crippen LogP contribution in [0.3, 0.4) is 0 Å². The minimum atomic E-state index is 0.381. The van der Waals surface area contributed by atoms with Crippen molar-refractivity contribution < 1.29 is 14.3 Å². The molecule has 0 saturated carbocycles. The number of anilines is 1. The molecule has 1 saturated heterocycles. The fourth-order valence-electron chi connectivity index (χ4n) is 3.16. The third-order valence-electron chi connectivity index (χ3n) is 4.59. The van der Waals surface area contributed by atoms with Gasteiger partial charge in [-0.3, -0.25) is 4.90 Å². The van der Waals surface area contributed by atoms with E-state index < -0.39 is 0 Å². The molecule has 4 rings (SSSR count). The van der Waals surface area contributed by atoms with Crippen LogP contribution in [0.25, 0.3) is 11.5 Å². The molecule has 2 N–H and O–H groups in total. The smallest absolute Gasteiger partial charge is 0.292 e. The van der Waals surface area contributed by atoms with E-state index in [1.807, 2.05) is 36.5 Å². The van der Waals surface area contributed by atoms with E-state index in [9.17, 15) is 0 Å². The normalized spacial score (nSPS) is 15.3. The maximum atomic E-state index is 6.23. The highest BCUT2D eigenvalue weighted by atomic mass is 35.5. The van der Waals surface area contributed by atoms with Gasteiger partial charge in [-0.05, 0) is 30.4 Å². The summed E-state index contributed by atoms with van der Waals surface area (Å²) in [6.07, 6.45) is 1.96. The van der Waals surface area contributed by atoms with Crippen molar-refractivity contribution in [3.05, 3.63) is 58.5 Å². The van der Waals surface area contributed by atoms with Crippen molar-refractivity contribution in [1.29, 1.82) is 0 Å². The number of pyridine rings is 1. The molecule has 0 atom stereocenters. The van der Waals surface area contributed by atoms with Crippen molar-refractivity contribution in [3.63, 3.8) is 0 Å². The molecule has 6 nitrogen and oxygen atoms in total. The van der Waals surface area contributed by atoms with Gasteiger partial charge in [0.25, 0.3) is 10.7 Å². The van der Waals surface area contributed by atoms with Gasteiger partial charge in [0.15, 0.2) is 6.67 Å². The van der Waals surface area contributed by atoms with Gasteiger partial charge >= 0.3 is 0 Å². The van der Waals surface area contributed by atoms with E-state index in [0.29, 0.717) is 22.4 Å². The number of aromatic nitrogens is 3. The lowest BCUT2D eigenvalue weighted by atomic mass is 10.2. The van der Waals surface area contributed by atoms with Crippen LogP contribution in [-0.2, 0) is 6.67 Å². The summed E-state index contributed by atoms with van der Waals surface area (Å²) in [5.74, 6) is 1.63. The number of piperazine rings is 1. The number of hydrogen-bond donors (Lipinski definition) is 1. The molecule has 8 heteroatoms. The molecular weight excluding hydrogens is 370 g/mol. The first-order chi connectivity index (χ1) is 12.7. The highest BCUT2D eigenvalue weighted by Crippen LogP contribution is 2.26. The fourth-order valence-corrected chi connectivity index (χ4v) is 3.56. The van der Waals surface area contributed by atoms with E-state index in [1.54, 1.807) is 4.68 Å². The zero-order valence-electron chi connectivity index (χ0n) is 14.2. The summed E-state index contributed by atoms with van der Waals surface area (Å²) in [7, 11) is 0. The molecule has 0 bridgehead atoms. The van der Waals surface area contributed by atoms with Crippen LogP contribution in [0.5, 0.6) is 0 Å². The van der Waals surface area contributed by atoms with Crippen molar-refractivity contribution in [3.8, 4) is 11.5 Å². The largest absolute Gasteiger partial charge is 0.409 e. The molecule has 1 aromatic carbocycles. The first kappa shape index (κ1) is 17.2. The summed E-state index contributed by atoms with van der Waals surface area (Å²) in [6, 6.07) is 13.6. The molecule has 0 amide bonds. The highest BCUT2D eigenvalue weighted by Gasteiger charge is 2.26. The Bertz CT molecular complexity index is 934. The summed E-state index contributed by atoms with van der Waals surface area (Å²) < 4.78 is 7.42. The minimum absolute atomic E-state index is 0.381. The number of H-pyrrole nitrogens is 1. The van der Waals surface area contributed by atoms with Crippen molar-refractivity contribution >= 4 is 29.6 Å². The van der Waals surface area contributed by atoms with Gasteiger partial charge in [0, 0.05) is 6.07 Å². The summed E-state index contributed by atoms with van der Waals surface area (Å²) in [5.41, 5.74) is 0.762. The number of halogens is 1. The first-order valence-electron chi connectivity index (χ1n) is 8.59. The van der Waals surface area contributed by atoms with Gasteiger partial charge in [0.05, 0.1) is 16.8 Å². The number of quaternary nitrogens is 1. The Labute approximate surface area is 161 Å². The van der Waals surface area contributed by atoms with Crippen LogP contribution < -0.4 is 14.8 Å². The average Bonchev–Trinajstić information content (AvgIpc) is 3.04. The number of hydrogen-bond acceptors (Lipinski definition) is 4. The van der Waals surface area contributed by atoms with E-state index in [4.69, 9.17) is 28.2 Å². The van der Waals surface area contributed by atoms with Crippen molar-refractivity contribution in [1.82, 2.24) is 9.78 Å². The number of benzene rings is 1. The van der Waals surface area contributed by atoms with Gasteiger partial charge in [-0.2, -0.15) is 4.68 Å². The Kier molecular flexibility index (Phi) is 5.01. The Morgan fingerprint density at radius 2 is 1.92 bits per heavy atom. The molecule has 1 aliphatic heterocycles. The molecule has 2 aromatic heterocycles. The Hall–Kier alpha value is -2.22. The molecule has 0 spiro atoms. The fraction of sp³-hybridized carbons (Fsp3) is 0.278. The van der Waals surface area contributed by atoms with Crippen LogP contribution in [0.1, 0.15) is 0 Å². The van der Waals surface area contributed by atoms with E-state index in [-0.39, 0.29) is 0 Å². The molecule has 26 heavy (non-hydrogen) atoms. The summed E-state index contributed by atoms with van der Waals surface area (Å²) in [5, 5.41) is 5.14. The van der Waals surface area contributed by atoms with Crippen LogP contribution >= 0.6 is 23.8 Å². The van der Waals surface area contributed by atoms with Crippen LogP contribution in [0, 0.1) is 4.84 Å². The predicted octanol–water partition coefficient (Wildman–Crippen LogP) is 1.70. The molecule has 0 radical (unpaired) electrons. The summed E-state index contributed by atoms with van der Waals surface area (Å²) in [6.45, 7) is 4.69. The molecule has 1 aliphatic rings. The molecule has 3 aromatic rings. The van der Waals surface area contributed by atoms with E-state index in [1.165, 1.54) is 4.90 Å². The standard InChI is InChI=1S/C18H18ClN5OS/c19-15-6-2-1-5-14(15)17-21-24(18(26)25-17)13-22-9-11-23(12-10-22)16-7-3-4-8-20-16/h1-8H,9-13H2/p+2. The Balaban J connectivity index is 1.43. The van der Waals surface area contributed by atoms with Crippen LogP contribution in [0.4, 0.5) is 5.82 Å². The van der Waals surface area contributed by atoms with Crippen molar-refractivity contribution in [2.75, 3.05) is 31.1 Å². The molecule has 0 unspecified atom stereocenters. The third kappa shape index (κ3) is 3.65. The maximum Gasteiger partial charge on any atom is 0.292 e. The van der Waals surface area contributed by atoms with Gasteiger partial charge < -0.3 is 9.32 Å². The van der Waals surface area contributed by atoms with Crippen LogP contribution in [-0.4, -0.2) is 36.0 Å². The zero-order chi connectivity index (χ0) is 17.9. The number of rotatable bonds is 4. The van der Waals surface area contributed by atoms with Gasteiger partial charge in [-0.25, -0.2) is 4.98 Å². The van der Waals surface area contributed by atoms with Gasteiger partial charge in [-0.1, -0.05) is 29.8 Å². The van der Waals surface area contributed by atoms with E-state index in [0.717, 1.165) is 37.6 Å². The third-order valence-corrected chi connectivity index (χ3v) is 5.21. The van der Waals surface area contributed by atoms with Gasteiger partial charge in [0.2, 0.25) is 5.89 Å². The average molecular weight is 390 g/mol. The van der Waals surface area contributed by atoms with Gasteiger partial charge in [-0.15, -0.1) is 5.10 Å². The number of aromatic amines is 1. The highest BCUT2D eigenvalue weighted by molar-refractivity contribution is 7.71.